The molecule has 0 unspecified atom stereocenters. The number of thiazole rings is 1. The molecule has 1 rings (SSSR count). The summed E-state index contributed by atoms with van der Waals surface area (Å²) in [6.45, 7) is 0. The maximum Gasteiger partial charge on any atom is 0.212 e. The highest BCUT2D eigenvalue weighted by molar-refractivity contribution is 7.13. The summed E-state index contributed by atoms with van der Waals surface area (Å²) >= 11 is 1.42. The summed E-state index contributed by atoms with van der Waals surface area (Å²) in [6.07, 6.45) is 3.42. The molecule has 0 fully saturated rings. The molecule has 0 bridgehead atoms. The summed E-state index contributed by atoms with van der Waals surface area (Å²) in [6, 6.07) is 0. The number of nitrogens with two attached hydrogens (primary N) is 2. The summed E-state index contributed by atoms with van der Waals surface area (Å²) in [5.74, 6) is 0.351. The van der Waals surface area contributed by atoms with E-state index in [-0.39, 0.29) is 5.96 Å². The van der Waals surface area contributed by atoms with Gasteiger partial charge in [0.1, 0.15) is 0 Å². The van der Waals surface area contributed by atoms with Crippen molar-refractivity contribution in [3.8, 4) is 0 Å². The standard InChI is InChI=1S/C10H17N5OS/c1-16-8(11)5-3-2-4-7-6-17-10(14-7)15-9(12)13/h6,11H,2-5H2,1H3,(H4,12,13,14,15). The molecule has 1 aromatic rings. The lowest BCUT2D eigenvalue weighted by Crippen LogP contribution is -2.21. The van der Waals surface area contributed by atoms with Gasteiger partial charge in [-0.05, 0) is 19.3 Å². The Morgan fingerprint density at radius 1 is 1.53 bits per heavy atom. The van der Waals surface area contributed by atoms with E-state index in [1.807, 2.05) is 5.38 Å². The van der Waals surface area contributed by atoms with Crippen molar-refractivity contribution in [2.24, 2.45) is 16.5 Å². The van der Waals surface area contributed by atoms with Crippen molar-refractivity contribution in [2.75, 3.05) is 7.11 Å². The highest BCUT2D eigenvalue weighted by Crippen LogP contribution is 2.19. The number of nitrogens with one attached hydrogen (secondary N) is 1. The molecule has 7 heteroatoms. The van der Waals surface area contributed by atoms with Crippen LogP contribution in [0.5, 0.6) is 0 Å². The fourth-order valence-electron chi connectivity index (χ4n) is 1.27. The number of nitrogens with zero attached hydrogens (tertiary/aromatic N) is 2. The van der Waals surface area contributed by atoms with Crippen molar-refractivity contribution in [3.63, 3.8) is 0 Å². The molecule has 1 aromatic heterocycles. The van der Waals surface area contributed by atoms with Gasteiger partial charge in [0.05, 0.1) is 12.8 Å². The van der Waals surface area contributed by atoms with Gasteiger partial charge >= 0.3 is 0 Å². The van der Waals surface area contributed by atoms with Crippen molar-refractivity contribution in [3.05, 3.63) is 11.1 Å². The molecule has 6 nitrogen and oxygen atoms in total. The molecule has 0 aliphatic heterocycles. The first-order valence-electron chi connectivity index (χ1n) is 5.27. The van der Waals surface area contributed by atoms with Gasteiger partial charge in [-0.15, -0.1) is 11.3 Å². The minimum absolute atomic E-state index is 0.0273. The lowest BCUT2D eigenvalue weighted by molar-refractivity contribution is 0.383. The van der Waals surface area contributed by atoms with Crippen LogP contribution in [0.2, 0.25) is 0 Å². The number of aromatic nitrogens is 1. The van der Waals surface area contributed by atoms with Crippen LogP contribution in [0.1, 0.15) is 25.0 Å². The lowest BCUT2D eigenvalue weighted by atomic mass is 10.1. The van der Waals surface area contributed by atoms with Crippen LogP contribution < -0.4 is 11.5 Å². The van der Waals surface area contributed by atoms with E-state index in [0.717, 1.165) is 25.0 Å². The topological polar surface area (TPSA) is 110 Å². The van der Waals surface area contributed by atoms with Crippen molar-refractivity contribution >= 4 is 28.3 Å². The van der Waals surface area contributed by atoms with Gasteiger partial charge in [0.15, 0.2) is 11.9 Å². The van der Waals surface area contributed by atoms with Crippen LogP contribution in [-0.2, 0) is 11.2 Å². The maximum atomic E-state index is 7.32. The van der Waals surface area contributed by atoms with Crippen LogP contribution in [0.4, 0.5) is 5.13 Å². The van der Waals surface area contributed by atoms with Crippen molar-refractivity contribution in [2.45, 2.75) is 25.7 Å². The first-order valence-corrected chi connectivity index (χ1v) is 6.15. The zero-order valence-corrected chi connectivity index (χ0v) is 10.6. The molecule has 0 amide bonds. The van der Waals surface area contributed by atoms with E-state index in [9.17, 15) is 0 Å². The minimum atomic E-state index is 0.0273. The van der Waals surface area contributed by atoms with E-state index in [2.05, 4.69) is 9.98 Å². The molecule has 0 aliphatic rings. The Bertz CT molecular complexity index is 397. The number of unbranched alkanes of at least 4 members (excludes halogenated alkanes) is 1. The van der Waals surface area contributed by atoms with Crippen molar-refractivity contribution < 1.29 is 4.74 Å². The molecule has 0 aromatic carbocycles. The third-order valence-corrected chi connectivity index (χ3v) is 2.88. The monoisotopic (exact) mass is 255 g/mol. The van der Waals surface area contributed by atoms with Crippen LogP contribution in [0, 0.1) is 5.41 Å². The van der Waals surface area contributed by atoms with Gasteiger partial charge in [-0.1, -0.05) is 0 Å². The first kappa shape index (κ1) is 13.4. The molecular weight excluding hydrogens is 238 g/mol. The highest BCUT2D eigenvalue weighted by atomic mass is 32.1. The Balaban J connectivity index is 2.30. The predicted octanol–water partition coefficient (Wildman–Crippen LogP) is 1.38. The lowest BCUT2D eigenvalue weighted by Gasteiger charge is -2.00. The average molecular weight is 255 g/mol. The maximum absolute atomic E-state index is 7.32. The predicted molar refractivity (Wildman–Crippen MR) is 69.9 cm³/mol. The van der Waals surface area contributed by atoms with Gasteiger partial charge in [-0.3, -0.25) is 5.41 Å². The number of hydrogen-bond donors (Lipinski definition) is 3. The van der Waals surface area contributed by atoms with Gasteiger partial charge in [-0.2, -0.15) is 4.99 Å². The number of ether oxygens (including phenoxy) is 1. The Morgan fingerprint density at radius 3 is 2.94 bits per heavy atom. The van der Waals surface area contributed by atoms with Gasteiger partial charge in [0.2, 0.25) is 5.13 Å². The smallest absolute Gasteiger partial charge is 0.212 e. The number of guanidine groups is 1. The second-order valence-electron chi connectivity index (χ2n) is 3.49. The Morgan fingerprint density at radius 2 is 2.29 bits per heavy atom. The highest BCUT2D eigenvalue weighted by Gasteiger charge is 2.02. The summed E-state index contributed by atoms with van der Waals surface area (Å²) < 4.78 is 4.77. The Kier molecular flexibility index (Phi) is 5.41. The van der Waals surface area contributed by atoms with Gasteiger partial charge < -0.3 is 16.2 Å². The zero-order chi connectivity index (χ0) is 12.7. The molecule has 1 heterocycles. The molecular formula is C10H17N5OS. The summed E-state index contributed by atoms with van der Waals surface area (Å²) in [7, 11) is 1.52. The van der Waals surface area contributed by atoms with E-state index in [1.165, 1.54) is 18.4 Å². The fraction of sp³-hybridized carbons (Fsp3) is 0.500. The molecule has 5 N–H and O–H groups in total. The van der Waals surface area contributed by atoms with E-state index >= 15 is 0 Å². The van der Waals surface area contributed by atoms with Crippen molar-refractivity contribution in [1.29, 1.82) is 5.41 Å². The second kappa shape index (κ2) is 6.85. The third-order valence-electron chi connectivity index (χ3n) is 2.10. The van der Waals surface area contributed by atoms with Crippen molar-refractivity contribution in [1.82, 2.24) is 4.98 Å². The summed E-state index contributed by atoms with van der Waals surface area (Å²) in [5.41, 5.74) is 11.5. The molecule has 0 atom stereocenters. The second-order valence-corrected chi connectivity index (χ2v) is 4.33. The Hall–Kier alpha value is -1.63. The van der Waals surface area contributed by atoms with E-state index in [4.69, 9.17) is 21.6 Å². The number of rotatable bonds is 6. The number of aliphatic imine (C=N–C) groups is 1. The Labute approximate surface area is 104 Å². The molecule has 0 saturated carbocycles. The van der Waals surface area contributed by atoms with Gasteiger partial charge in [-0.25, -0.2) is 4.98 Å². The normalized spacial score (nSPS) is 9.94. The minimum Gasteiger partial charge on any atom is -0.484 e. The first-order chi connectivity index (χ1) is 8.11. The van der Waals surface area contributed by atoms with Crippen LogP contribution in [-0.4, -0.2) is 24.0 Å². The van der Waals surface area contributed by atoms with Crippen LogP contribution in [0.15, 0.2) is 10.4 Å². The summed E-state index contributed by atoms with van der Waals surface area (Å²) in [5, 5.41) is 9.86. The molecule has 0 saturated heterocycles. The van der Waals surface area contributed by atoms with Crippen LogP contribution >= 0.6 is 11.3 Å². The van der Waals surface area contributed by atoms with Gasteiger partial charge in [0.25, 0.3) is 0 Å². The third kappa shape index (κ3) is 5.30. The van der Waals surface area contributed by atoms with Crippen LogP contribution in [0.3, 0.4) is 0 Å². The van der Waals surface area contributed by atoms with Crippen LogP contribution in [0.25, 0.3) is 0 Å². The number of aryl methyl sites for hydroxylation is 1. The zero-order valence-electron chi connectivity index (χ0n) is 9.77. The SMILES string of the molecule is COC(=N)CCCCc1csc(N=C(N)N)n1. The van der Waals surface area contributed by atoms with E-state index in [1.54, 1.807) is 0 Å². The number of methoxy groups -OCH3 is 1. The van der Waals surface area contributed by atoms with E-state index in [0.29, 0.717) is 17.5 Å². The van der Waals surface area contributed by atoms with Gasteiger partial charge in [0, 0.05) is 11.8 Å². The molecule has 0 spiro atoms. The largest absolute Gasteiger partial charge is 0.484 e. The average Bonchev–Trinajstić information content (AvgIpc) is 2.70. The quantitative estimate of drug-likeness (QED) is 0.405. The number of hydrogen-bond acceptors (Lipinski definition) is 5. The fourth-order valence-corrected chi connectivity index (χ4v) is 2.01. The molecule has 0 radical (unpaired) electrons. The van der Waals surface area contributed by atoms with E-state index < -0.39 is 0 Å². The molecule has 17 heavy (non-hydrogen) atoms. The summed E-state index contributed by atoms with van der Waals surface area (Å²) in [4.78, 5) is 8.15. The molecule has 94 valence electrons. The molecule has 0 aliphatic carbocycles.